The molecule has 22 heavy (non-hydrogen) atoms. The van der Waals surface area contributed by atoms with Gasteiger partial charge in [-0.2, -0.15) is 0 Å². The van der Waals surface area contributed by atoms with Gasteiger partial charge in [-0.25, -0.2) is 8.42 Å². The maximum atomic E-state index is 12.2. The van der Waals surface area contributed by atoms with E-state index in [0.29, 0.717) is 5.56 Å². The molecular formula is C15H15NO5S. The fourth-order valence-electron chi connectivity index (χ4n) is 2.62. The molecule has 0 radical (unpaired) electrons. The molecule has 1 aliphatic rings. The first-order chi connectivity index (χ1) is 10.5. The summed E-state index contributed by atoms with van der Waals surface area (Å²) >= 11 is 0. The van der Waals surface area contributed by atoms with Crippen molar-refractivity contribution >= 4 is 32.5 Å². The maximum Gasteiger partial charge on any atom is 0.310 e. The van der Waals surface area contributed by atoms with Crippen molar-refractivity contribution in [3.63, 3.8) is 0 Å². The van der Waals surface area contributed by atoms with Gasteiger partial charge in [-0.05, 0) is 12.5 Å². The average molecular weight is 321 g/mol. The number of H-pyrrole nitrogens is 1. The maximum absolute atomic E-state index is 12.2. The third-order valence-electron chi connectivity index (χ3n) is 3.80. The summed E-state index contributed by atoms with van der Waals surface area (Å²) in [6.45, 7) is -0.378. The van der Waals surface area contributed by atoms with Gasteiger partial charge in [0.15, 0.2) is 16.4 Å². The summed E-state index contributed by atoms with van der Waals surface area (Å²) in [6, 6.07) is 7.34. The van der Waals surface area contributed by atoms with Crippen molar-refractivity contribution < 1.29 is 22.7 Å². The van der Waals surface area contributed by atoms with Crippen LogP contribution in [-0.2, 0) is 19.4 Å². The van der Waals surface area contributed by atoms with Crippen LogP contribution in [0.1, 0.15) is 16.8 Å². The van der Waals surface area contributed by atoms with Gasteiger partial charge in [-0.1, -0.05) is 18.2 Å². The standard InChI is InChI=1S/C15H15NO5S/c17-14(12-7-16-13-4-2-1-3-11(12)13)8-21-15(18)10-5-6-22(19,20)9-10/h1-4,7,10,16H,5-6,8-9H2/t10-/m0/s1. The minimum Gasteiger partial charge on any atom is -0.457 e. The van der Waals surface area contributed by atoms with Crippen LogP contribution in [0.15, 0.2) is 30.5 Å². The Balaban J connectivity index is 1.64. The number of benzene rings is 1. The summed E-state index contributed by atoms with van der Waals surface area (Å²) in [5.74, 6) is -1.77. The number of carbonyl (C=O) groups is 2. The van der Waals surface area contributed by atoms with Gasteiger partial charge in [0.25, 0.3) is 0 Å². The van der Waals surface area contributed by atoms with Crippen LogP contribution in [0, 0.1) is 5.92 Å². The molecule has 0 saturated carbocycles. The SMILES string of the molecule is O=C(COC(=O)[C@H]1CCS(=O)(=O)C1)c1c[nH]c2ccccc12. The summed E-state index contributed by atoms with van der Waals surface area (Å²) in [6.07, 6.45) is 1.85. The van der Waals surface area contributed by atoms with E-state index in [1.54, 1.807) is 6.20 Å². The molecule has 1 N–H and O–H groups in total. The molecule has 1 aromatic carbocycles. The lowest BCUT2D eigenvalue weighted by molar-refractivity contribution is -0.146. The van der Waals surface area contributed by atoms with E-state index < -0.39 is 21.7 Å². The second-order valence-corrected chi connectivity index (χ2v) is 7.61. The van der Waals surface area contributed by atoms with Gasteiger partial charge < -0.3 is 9.72 Å². The highest BCUT2D eigenvalue weighted by Gasteiger charge is 2.34. The average Bonchev–Trinajstić information content (AvgIpc) is 3.07. The fourth-order valence-corrected chi connectivity index (χ4v) is 4.34. The summed E-state index contributed by atoms with van der Waals surface area (Å²) in [5, 5.41) is 0.770. The van der Waals surface area contributed by atoms with Crippen LogP contribution in [0.3, 0.4) is 0 Å². The molecule has 1 saturated heterocycles. The Bertz CT molecular complexity index is 836. The third kappa shape index (κ3) is 2.89. The Labute approximate surface area is 127 Å². The van der Waals surface area contributed by atoms with Crippen molar-refractivity contribution in [1.29, 1.82) is 0 Å². The zero-order valence-corrected chi connectivity index (χ0v) is 12.6. The van der Waals surface area contributed by atoms with Gasteiger partial charge in [0.1, 0.15) is 0 Å². The number of hydrogen-bond donors (Lipinski definition) is 1. The van der Waals surface area contributed by atoms with Gasteiger partial charge in [-0.15, -0.1) is 0 Å². The number of esters is 1. The van der Waals surface area contributed by atoms with Crippen LogP contribution in [0.2, 0.25) is 0 Å². The van der Waals surface area contributed by atoms with Gasteiger partial charge in [0.2, 0.25) is 5.78 Å². The summed E-state index contributed by atoms with van der Waals surface area (Å²) in [4.78, 5) is 27.0. The highest BCUT2D eigenvalue weighted by atomic mass is 32.2. The van der Waals surface area contributed by atoms with E-state index in [9.17, 15) is 18.0 Å². The molecule has 0 aliphatic carbocycles. The van der Waals surface area contributed by atoms with E-state index in [2.05, 4.69) is 4.98 Å². The number of Topliss-reactive ketones (excluding diaryl/α,β-unsaturated/α-hetero) is 1. The van der Waals surface area contributed by atoms with Gasteiger partial charge in [-0.3, -0.25) is 9.59 Å². The van der Waals surface area contributed by atoms with Crippen molar-refractivity contribution in [1.82, 2.24) is 4.98 Å². The molecule has 2 heterocycles. The molecule has 7 heteroatoms. The van der Waals surface area contributed by atoms with Gasteiger partial charge in [0, 0.05) is 22.7 Å². The number of sulfone groups is 1. The van der Waals surface area contributed by atoms with E-state index in [-0.39, 0.29) is 30.3 Å². The quantitative estimate of drug-likeness (QED) is 0.677. The molecular weight excluding hydrogens is 306 g/mol. The van der Waals surface area contributed by atoms with Crippen molar-refractivity contribution in [2.45, 2.75) is 6.42 Å². The fraction of sp³-hybridized carbons (Fsp3) is 0.333. The van der Waals surface area contributed by atoms with Crippen LogP contribution in [0.25, 0.3) is 10.9 Å². The van der Waals surface area contributed by atoms with E-state index in [4.69, 9.17) is 4.74 Å². The minimum absolute atomic E-state index is 0.00314. The number of aromatic amines is 1. The van der Waals surface area contributed by atoms with E-state index in [0.717, 1.165) is 10.9 Å². The molecule has 0 amide bonds. The molecule has 3 rings (SSSR count). The molecule has 1 aliphatic heterocycles. The Kier molecular flexibility index (Phi) is 3.74. The normalized spacial score (nSPS) is 20.1. The number of rotatable bonds is 4. The second-order valence-electron chi connectivity index (χ2n) is 5.38. The lowest BCUT2D eigenvalue weighted by Crippen LogP contribution is -2.22. The van der Waals surface area contributed by atoms with Crippen LogP contribution < -0.4 is 0 Å². The first-order valence-electron chi connectivity index (χ1n) is 6.93. The first kappa shape index (κ1) is 14.8. The summed E-state index contributed by atoms with van der Waals surface area (Å²) in [7, 11) is -3.14. The Morgan fingerprint density at radius 2 is 2.05 bits per heavy atom. The Morgan fingerprint density at radius 1 is 1.27 bits per heavy atom. The largest absolute Gasteiger partial charge is 0.457 e. The molecule has 1 aromatic heterocycles. The van der Waals surface area contributed by atoms with Crippen LogP contribution in [0.4, 0.5) is 0 Å². The molecule has 116 valence electrons. The molecule has 1 fully saturated rings. The topological polar surface area (TPSA) is 93.3 Å². The number of ether oxygens (including phenoxy) is 1. The lowest BCUT2D eigenvalue weighted by Gasteiger charge is -2.07. The third-order valence-corrected chi connectivity index (χ3v) is 5.57. The number of para-hydroxylation sites is 1. The predicted octanol–water partition coefficient (Wildman–Crippen LogP) is 1.33. The zero-order valence-electron chi connectivity index (χ0n) is 11.7. The number of nitrogens with one attached hydrogen (secondary N) is 1. The molecule has 0 unspecified atom stereocenters. The van der Waals surface area contributed by atoms with Crippen molar-refractivity contribution in [3.05, 3.63) is 36.0 Å². The monoisotopic (exact) mass is 321 g/mol. The van der Waals surface area contributed by atoms with Crippen molar-refractivity contribution in [2.24, 2.45) is 5.92 Å². The van der Waals surface area contributed by atoms with Gasteiger partial charge in [0.05, 0.1) is 17.4 Å². The zero-order chi connectivity index (χ0) is 15.7. The Morgan fingerprint density at radius 3 is 2.77 bits per heavy atom. The van der Waals surface area contributed by atoms with Gasteiger partial charge >= 0.3 is 5.97 Å². The molecule has 0 bridgehead atoms. The molecule has 2 aromatic rings. The Hall–Kier alpha value is -2.15. The van der Waals surface area contributed by atoms with Crippen LogP contribution in [-0.4, -0.2) is 43.3 Å². The number of ketones is 1. The van der Waals surface area contributed by atoms with Crippen molar-refractivity contribution in [3.8, 4) is 0 Å². The number of carbonyl (C=O) groups excluding carboxylic acids is 2. The number of aromatic nitrogens is 1. The first-order valence-corrected chi connectivity index (χ1v) is 8.75. The summed E-state index contributed by atoms with van der Waals surface area (Å²) < 4.78 is 27.7. The minimum atomic E-state index is -3.14. The van der Waals surface area contributed by atoms with Crippen molar-refractivity contribution in [2.75, 3.05) is 18.1 Å². The second kappa shape index (κ2) is 5.57. The highest BCUT2D eigenvalue weighted by molar-refractivity contribution is 7.91. The predicted molar refractivity (Wildman–Crippen MR) is 80.3 cm³/mol. The van der Waals surface area contributed by atoms with E-state index in [1.807, 2.05) is 24.3 Å². The summed E-state index contributed by atoms with van der Waals surface area (Å²) in [5.41, 5.74) is 1.29. The van der Waals surface area contributed by atoms with Crippen LogP contribution >= 0.6 is 0 Å². The van der Waals surface area contributed by atoms with E-state index in [1.165, 1.54) is 0 Å². The van der Waals surface area contributed by atoms with Crippen LogP contribution in [0.5, 0.6) is 0 Å². The van der Waals surface area contributed by atoms with E-state index >= 15 is 0 Å². The lowest BCUT2D eigenvalue weighted by atomic mass is 10.1. The molecule has 1 atom stereocenters. The molecule has 0 spiro atoms. The number of fused-ring (bicyclic) bond motifs is 1. The smallest absolute Gasteiger partial charge is 0.310 e. The number of hydrogen-bond acceptors (Lipinski definition) is 5. The highest BCUT2D eigenvalue weighted by Crippen LogP contribution is 2.21. The molecule has 6 nitrogen and oxygen atoms in total.